The van der Waals surface area contributed by atoms with E-state index < -0.39 is 32.5 Å². The SMILES string of the molecule is CC(C)(S[C@@H]1C[C@@H]2CC[C@H]1C2)C(NC(=O)c1ccc2ccccc2c1OCc1ccc(S(C)(=O)=O)cc1)C(=O)O. The summed E-state index contributed by atoms with van der Waals surface area (Å²) >= 11 is 1.69. The number of nitrogens with one attached hydrogen (secondary N) is 1. The molecule has 40 heavy (non-hydrogen) atoms. The Kier molecular flexibility index (Phi) is 7.90. The highest BCUT2D eigenvalue weighted by atomic mass is 32.2. The Balaban J connectivity index is 1.39. The Bertz CT molecular complexity index is 1530. The second-order valence-electron chi connectivity index (χ2n) is 11.5. The molecule has 0 heterocycles. The van der Waals surface area contributed by atoms with E-state index in [1.807, 2.05) is 44.2 Å². The summed E-state index contributed by atoms with van der Waals surface area (Å²) in [6, 6.07) is 16.3. The third kappa shape index (κ3) is 6.00. The van der Waals surface area contributed by atoms with Crippen LogP contribution in [0.25, 0.3) is 10.8 Å². The summed E-state index contributed by atoms with van der Waals surface area (Å²) in [5, 5.41) is 15.0. The van der Waals surface area contributed by atoms with Crippen molar-refractivity contribution in [3.05, 3.63) is 71.8 Å². The molecule has 7 nitrogen and oxygen atoms in total. The van der Waals surface area contributed by atoms with Crippen molar-refractivity contribution in [1.82, 2.24) is 5.32 Å². The lowest BCUT2D eigenvalue weighted by molar-refractivity contribution is -0.139. The predicted molar refractivity (Wildman–Crippen MR) is 158 cm³/mol. The van der Waals surface area contributed by atoms with Gasteiger partial charge in [0.2, 0.25) is 0 Å². The molecule has 0 saturated heterocycles. The fourth-order valence-electron chi connectivity index (χ4n) is 6.10. The standard InChI is InChI=1S/C31H35NO6S2/c1-31(2,39-26-17-20-8-11-22(26)16-20)28(30(34)35)32-29(33)25-15-12-21-6-4-5-7-24(21)27(25)38-18-19-9-13-23(14-10-19)40(3,36)37/h4-7,9-10,12-15,20,22,26,28H,8,11,16-18H2,1-3H3,(H,32,33)(H,34,35)/t20-,22+,26-,28?/m1/s1. The topological polar surface area (TPSA) is 110 Å². The number of aliphatic carboxylic acids is 1. The fraction of sp³-hybridized carbons (Fsp3) is 0.419. The van der Waals surface area contributed by atoms with Gasteiger partial charge in [-0.3, -0.25) is 4.79 Å². The minimum Gasteiger partial charge on any atom is -0.487 e. The smallest absolute Gasteiger partial charge is 0.327 e. The molecule has 3 aromatic rings. The normalized spacial score (nSPS) is 21.3. The lowest BCUT2D eigenvalue weighted by atomic mass is 10.00. The first-order valence-electron chi connectivity index (χ1n) is 13.6. The van der Waals surface area contributed by atoms with Crippen LogP contribution in [-0.2, 0) is 21.2 Å². The average Bonchev–Trinajstić information content (AvgIpc) is 3.52. The molecule has 1 amide bonds. The fourth-order valence-corrected chi connectivity index (χ4v) is 8.61. The molecule has 4 atom stereocenters. The van der Waals surface area contributed by atoms with E-state index in [4.69, 9.17) is 4.74 Å². The van der Waals surface area contributed by atoms with Gasteiger partial charge in [0.25, 0.3) is 5.91 Å². The zero-order chi connectivity index (χ0) is 28.7. The predicted octanol–water partition coefficient (Wildman–Crippen LogP) is 5.71. The van der Waals surface area contributed by atoms with Crippen molar-refractivity contribution in [3.8, 4) is 5.75 Å². The van der Waals surface area contributed by atoms with E-state index in [2.05, 4.69) is 5.32 Å². The molecule has 9 heteroatoms. The third-order valence-corrected chi connectivity index (χ3v) is 11.1. The van der Waals surface area contributed by atoms with Crippen molar-refractivity contribution in [3.63, 3.8) is 0 Å². The number of hydrogen-bond acceptors (Lipinski definition) is 6. The van der Waals surface area contributed by atoms with Crippen LogP contribution in [0.2, 0.25) is 0 Å². The Hall–Kier alpha value is -3.04. The van der Waals surface area contributed by atoms with E-state index in [1.165, 1.54) is 31.4 Å². The highest BCUT2D eigenvalue weighted by molar-refractivity contribution is 8.01. The van der Waals surface area contributed by atoms with Gasteiger partial charge in [-0.2, -0.15) is 0 Å². The Morgan fingerprint density at radius 1 is 1.05 bits per heavy atom. The van der Waals surface area contributed by atoms with E-state index in [9.17, 15) is 23.1 Å². The molecule has 212 valence electrons. The van der Waals surface area contributed by atoms with Crippen molar-refractivity contribution >= 4 is 44.2 Å². The quantitative estimate of drug-likeness (QED) is 0.316. The van der Waals surface area contributed by atoms with Crippen molar-refractivity contribution in [2.24, 2.45) is 11.8 Å². The first-order valence-corrected chi connectivity index (χ1v) is 16.3. The van der Waals surface area contributed by atoms with Crippen LogP contribution in [0, 0.1) is 11.8 Å². The van der Waals surface area contributed by atoms with Gasteiger partial charge < -0.3 is 15.2 Å². The number of benzene rings is 3. The molecular formula is C31H35NO6S2. The molecule has 1 unspecified atom stereocenters. The van der Waals surface area contributed by atoms with Gasteiger partial charge in [-0.25, -0.2) is 13.2 Å². The summed E-state index contributed by atoms with van der Waals surface area (Å²) in [6.07, 6.45) is 5.98. The molecule has 2 bridgehead atoms. The number of rotatable bonds is 10. The van der Waals surface area contributed by atoms with Gasteiger partial charge in [-0.1, -0.05) is 48.9 Å². The summed E-state index contributed by atoms with van der Waals surface area (Å²) in [6.45, 7) is 3.91. The molecule has 2 fully saturated rings. The molecule has 0 spiro atoms. The van der Waals surface area contributed by atoms with Gasteiger partial charge in [0.1, 0.15) is 18.4 Å². The number of carboxylic acids is 1. The Labute approximate surface area is 239 Å². The maximum absolute atomic E-state index is 13.7. The minimum atomic E-state index is -3.32. The summed E-state index contributed by atoms with van der Waals surface area (Å²) in [5.41, 5.74) is 0.983. The average molecular weight is 582 g/mol. The highest BCUT2D eigenvalue weighted by Gasteiger charge is 2.46. The van der Waals surface area contributed by atoms with Gasteiger partial charge in [0, 0.05) is 21.6 Å². The number of carboxylic acid groups (broad SMARTS) is 1. The van der Waals surface area contributed by atoms with Crippen molar-refractivity contribution in [2.75, 3.05) is 6.26 Å². The van der Waals surface area contributed by atoms with Crippen LogP contribution in [0.1, 0.15) is 55.5 Å². The summed E-state index contributed by atoms with van der Waals surface area (Å²) in [5.74, 6) is 0.151. The molecule has 3 aromatic carbocycles. The summed E-state index contributed by atoms with van der Waals surface area (Å²) in [7, 11) is -3.32. The number of carbonyl (C=O) groups is 2. The monoisotopic (exact) mass is 581 g/mol. The van der Waals surface area contributed by atoms with Crippen LogP contribution in [-0.4, -0.2) is 47.7 Å². The van der Waals surface area contributed by atoms with Crippen LogP contribution in [0.3, 0.4) is 0 Å². The molecule has 0 radical (unpaired) electrons. The second kappa shape index (κ2) is 11.1. The maximum atomic E-state index is 13.7. The maximum Gasteiger partial charge on any atom is 0.327 e. The van der Waals surface area contributed by atoms with Crippen molar-refractivity contribution < 1.29 is 27.9 Å². The Morgan fingerprint density at radius 3 is 2.40 bits per heavy atom. The lowest BCUT2D eigenvalue weighted by Crippen LogP contribution is -2.53. The van der Waals surface area contributed by atoms with E-state index >= 15 is 0 Å². The van der Waals surface area contributed by atoms with Gasteiger partial charge in [0.15, 0.2) is 9.84 Å². The van der Waals surface area contributed by atoms with Crippen LogP contribution >= 0.6 is 11.8 Å². The third-order valence-electron chi connectivity index (χ3n) is 8.20. The summed E-state index contributed by atoms with van der Waals surface area (Å²) < 4.78 is 29.1. The molecular weight excluding hydrogens is 546 g/mol. The number of amides is 1. The summed E-state index contributed by atoms with van der Waals surface area (Å²) in [4.78, 5) is 26.3. The lowest BCUT2D eigenvalue weighted by Gasteiger charge is -2.36. The molecule has 5 rings (SSSR count). The number of hydrogen-bond donors (Lipinski definition) is 2. The molecule has 2 saturated carbocycles. The van der Waals surface area contributed by atoms with Crippen molar-refractivity contribution in [2.45, 2.75) is 67.1 Å². The zero-order valence-electron chi connectivity index (χ0n) is 22.9. The first kappa shape index (κ1) is 28.5. The number of sulfone groups is 1. The van der Waals surface area contributed by atoms with Gasteiger partial charge >= 0.3 is 5.97 Å². The van der Waals surface area contributed by atoms with Crippen LogP contribution in [0.15, 0.2) is 65.6 Å². The number of carbonyl (C=O) groups excluding carboxylic acids is 1. The van der Waals surface area contributed by atoms with Crippen molar-refractivity contribution in [1.29, 1.82) is 0 Å². The van der Waals surface area contributed by atoms with E-state index in [0.29, 0.717) is 16.9 Å². The van der Waals surface area contributed by atoms with E-state index in [1.54, 1.807) is 30.0 Å². The zero-order valence-corrected chi connectivity index (χ0v) is 24.6. The number of thioether (sulfide) groups is 1. The molecule has 0 aliphatic heterocycles. The Morgan fingerprint density at radius 2 is 1.77 bits per heavy atom. The minimum absolute atomic E-state index is 0.103. The largest absolute Gasteiger partial charge is 0.487 e. The molecule has 2 N–H and O–H groups in total. The van der Waals surface area contributed by atoms with Gasteiger partial charge in [-0.05, 0) is 74.1 Å². The number of ether oxygens (including phenoxy) is 1. The van der Waals surface area contributed by atoms with Gasteiger partial charge in [0.05, 0.1) is 10.5 Å². The van der Waals surface area contributed by atoms with Gasteiger partial charge in [-0.15, -0.1) is 11.8 Å². The van der Waals surface area contributed by atoms with Crippen LogP contribution in [0.5, 0.6) is 5.75 Å². The highest BCUT2D eigenvalue weighted by Crippen LogP contribution is 2.52. The van der Waals surface area contributed by atoms with E-state index in [-0.39, 0.29) is 17.1 Å². The molecule has 2 aliphatic rings. The first-order chi connectivity index (χ1) is 18.9. The molecule has 2 aliphatic carbocycles. The number of fused-ring (bicyclic) bond motifs is 3. The second-order valence-corrected chi connectivity index (χ2v) is 15.5. The van der Waals surface area contributed by atoms with Crippen LogP contribution in [0.4, 0.5) is 0 Å². The van der Waals surface area contributed by atoms with Crippen LogP contribution < -0.4 is 10.1 Å². The molecule has 0 aromatic heterocycles. The van der Waals surface area contributed by atoms with E-state index in [0.717, 1.165) is 34.9 Å².